The lowest BCUT2D eigenvalue weighted by Gasteiger charge is -2.02. The van der Waals surface area contributed by atoms with Crippen molar-refractivity contribution in [2.75, 3.05) is 7.11 Å². The van der Waals surface area contributed by atoms with Crippen molar-refractivity contribution in [3.63, 3.8) is 0 Å². The first kappa shape index (κ1) is 12.3. The highest BCUT2D eigenvalue weighted by atomic mass is 16.5. The van der Waals surface area contributed by atoms with Crippen LogP contribution in [0.2, 0.25) is 0 Å². The van der Waals surface area contributed by atoms with Crippen LogP contribution in [0.25, 0.3) is 0 Å². The van der Waals surface area contributed by atoms with Crippen molar-refractivity contribution in [3.8, 4) is 0 Å². The second-order valence-corrected chi connectivity index (χ2v) is 3.85. The highest BCUT2D eigenvalue weighted by Gasteiger charge is 2.07. The molecule has 7 nitrogen and oxygen atoms in total. The Kier molecular flexibility index (Phi) is 3.73. The lowest BCUT2D eigenvalue weighted by molar-refractivity contribution is 0.0594. The van der Waals surface area contributed by atoms with Gasteiger partial charge >= 0.3 is 5.97 Å². The van der Waals surface area contributed by atoms with Crippen LogP contribution in [0.3, 0.4) is 0 Å². The van der Waals surface area contributed by atoms with E-state index in [-0.39, 0.29) is 5.97 Å². The molecule has 0 aliphatic carbocycles. The molecule has 0 fully saturated rings. The van der Waals surface area contributed by atoms with Gasteiger partial charge in [0, 0.05) is 19.3 Å². The number of methoxy groups -OCH3 is 1. The molecule has 0 unspecified atom stereocenters. The quantitative estimate of drug-likeness (QED) is 0.740. The molecule has 96 valence electrons. The smallest absolute Gasteiger partial charge is 0.354 e. The van der Waals surface area contributed by atoms with E-state index < -0.39 is 0 Å². The average molecular weight is 249 g/mol. The minimum Gasteiger partial charge on any atom is -0.464 e. The third kappa shape index (κ3) is 2.75. The Morgan fingerprint density at radius 1 is 1.50 bits per heavy atom. The molecule has 18 heavy (non-hydrogen) atoms. The number of carbonyl (C=O) groups excluding carboxylic acids is 1. The van der Waals surface area contributed by atoms with Crippen LogP contribution in [0, 0.1) is 0 Å². The number of ether oxygens (including phenoxy) is 1. The Morgan fingerprint density at radius 2 is 2.33 bits per heavy atom. The summed E-state index contributed by atoms with van der Waals surface area (Å²) in [6.45, 7) is 1.23. The fourth-order valence-corrected chi connectivity index (χ4v) is 1.55. The maximum atomic E-state index is 11.2. The van der Waals surface area contributed by atoms with Crippen LogP contribution in [0.4, 0.5) is 0 Å². The molecule has 0 saturated heterocycles. The average Bonchev–Trinajstić information content (AvgIpc) is 2.99. The number of hydrogen-bond donors (Lipinski definition) is 2. The molecule has 2 heterocycles. The molecule has 0 spiro atoms. The number of carbonyl (C=O) groups is 1. The summed E-state index contributed by atoms with van der Waals surface area (Å²) in [6, 6.07) is 3.54. The summed E-state index contributed by atoms with van der Waals surface area (Å²) in [4.78, 5) is 14.2. The number of hydrogen-bond acceptors (Lipinski definition) is 5. The van der Waals surface area contributed by atoms with Crippen LogP contribution in [0.5, 0.6) is 0 Å². The first-order valence-electron chi connectivity index (χ1n) is 5.50. The van der Waals surface area contributed by atoms with E-state index in [2.05, 4.69) is 25.2 Å². The molecule has 0 amide bonds. The number of aryl methyl sites for hydroxylation is 1. The molecule has 0 bridgehead atoms. The van der Waals surface area contributed by atoms with Gasteiger partial charge in [0.15, 0.2) is 0 Å². The van der Waals surface area contributed by atoms with Crippen LogP contribution < -0.4 is 5.32 Å². The molecule has 7 heteroatoms. The molecular formula is C11H15N5O2. The normalized spacial score (nSPS) is 10.6. The maximum absolute atomic E-state index is 11.2. The fourth-order valence-electron chi connectivity index (χ4n) is 1.55. The molecule has 2 aromatic rings. The van der Waals surface area contributed by atoms with Gasteiger partial charge in [0.2, 0.25) is 0 Å². The zero-order valence-electron chi connectivity index (χ0n) is 10.3. The molecule has 0 radical (unpaired) electrons. The van der Waals surface area contributed by atoms with Crippen LogP contribution >= 0.6 is 0 Å². The number of esters is 1. The van der Waals surface area contributed by atoms with Gasteiger partial charge in [-0.3, -0.25) is 0 Å². The molecule has 0 aromatic carbocycles. The zero-order chi connectivity index (χ0) is 13.0. The van der Waals surface area contributed by atoms with Crippen molar-refractivity contribution >= 4 is 5.97 Å². The molecular weight excluding hydrogens is 234 g/mol. The number of rotatable bonds is 5. The Labute approximate surface area is 104 Å². The van der Waals surface area contributed by atoms with Crippen molar-refractivity contribution in [3.05, 3.63) is 35.7 Å². The van der Waals surface area contributed by atoms with Gasteiger partial charge in [0.05, 0.1) is 13.7 Å². The molecule has 0 aliphatic heterocycles. The Morgan fingerprint density at radius 3 is 3.00 bits per heavy atom. The summed E-state index contributed by atoms with van der Waals surface area (Å²) in [6.07, 6.45) is 1.65. The van der Waals surface area contributed by atoms with Crippen LogP contribution in [0.1, 0.15) is 22.0 Å². The van der Waals surface area contributed by atoms with E-state index in [0.717, 1.165) is 11.5 Å². The van der Waals surface area contributed by atoms with E-state index in [0.29, 0.717) is 18.8 Å². The minimum absolute atomic E-state index is 0.366. The van der Waals surface area contributed by atoms with Crippen molar-refractivity contribution in [2.24, 2.45) is 7.05 Å². The fraction of sp³-hybridized carbons (Fsp3) is 0.364. The van der Waals surface area contributed by atoms with Gasteiger partial charge in [-0.05, 0) is 12.1 Å². The van der Waals surface area contributed by atoms with Gasteiger partial charge < -0.3 is 19.6 Å². The summed E-state index contributed by atoms with van der Waals surface area (Å²) in [7, 11) is 3.25. The largest absolute Gasteiger partial charge is 0.464 e. The number of H-pyrrole nitrogens is 1. The molecule has 0 atom stereocenters. The summed E-state index contributed by atoms with van der Waals surface area (Å²) < 4.78 is 6.47. The van der Waals surface area contributed by atoms with Crippen molar-refractivity contribution in [2.45, 2.75) is 13.1 Å². The van der Waals surface area contributed by atoms with Crippen molar-refractivity contribution in [1.29, 1.82) is 0 Å². The van der Waals surface area contributed by atoms with Gasteiger partial charge in [-0.1, -0.05) is 0 Å². The lowest BCUT2D eigenvalue weighted by Crippen LogP contribution is -2.16. The summed E-state index contributed by atoms with van der Waals surface area (Å²) in [5.74, 6) is 0.490. The Balaban J connectivity index is 1.85. The van der Waals surface area contributed by atoms with Gasteiger partial charge in [-0.15, -0.1) is 10.2 Å². The highest BCUT2D eigenvalue weighted by Crippen LogP contribution is 2.03. The van der Waals surface area contributed by atoms with Gasteiger partial charge in [0.25, 0.3) is 0 Å². The molecule has 0 aliphatic rings. The predicted molar refractivity (Wildman–Crippen MR) is 63.7 cm³/mol. The van der Waals surface area contributed by atoms with E-state index in [4.69, 9.17) is 0 Å². The molecule has 2 aromatic heterocycles. The third-order valence-corrected chi connectivity index (χ3v) is 2.56. The monoisotopic (exact) mass is 249 g/mol. The Hall–Kier alpha value is -2.15. The van der Waals surface area contributed by atoms with E-state index in [1.165, 1.54) is 7.11 Å². The van der Waals surface area contributed by atoms with Crippen LogP contribution in [0.15, 0.2) is 18.5 Å². The van der Waals surface area contributed by atoms with Crippen LogP contribution in [-0.4, -0.2) is 32.8 Å². The SMILES string of the molecule is COC(=O)c1ccc(CNCc2nncn2C)[nH]1. The summed E-state index contributed by atoms with van der Waals surface area (Å²) >= 11 is 0. The number of nitrogens with zero attached hydrogens (tertiary/aromatic N) is 3. The summed E-state index contributed by atoms with van der Waals surface area (Å²) in [5.41, 5.74) is 1.37. The van der Waals surface area contributed by atoms with Gasteiger partial charge in [-0.25, -0.2) is 4.79 Å². The van der Waals surface area contributed by atoms with Gasteiger partial charge in [-0.2, -0.15) is 0 Å². The van der Waals surface area contributed by atoms with Gasteiger partial charge in [0.1, 0.15) is 17.8 Å². The number of nitrogens with one attached hydrogen (secondary N) is 2. The lowest BCUT2D eigenvalue weighted by atomic mass is 10.4. The predicted octanol–water partition coefficient (Wildman–Crippen LogP) is 0.220. The van der Waals surface area contributed by atoms with E-state index >= 15 is 0 Å². The van der Waals surface area contributed by atoms with E-state index in [1.54, 1.807) is 12.4 Å². The van der Waals surface area contributed by atoms with Crippen molar-refractivity contribution in [1.82, 2.24) is 25.1 Å². The first-order chi connectivity index (χ1) is 8.70. The standard InChI is InChI=1S/C11H15N5O2/c1-16-7-13-15-10(16)6-12-5-8-3-4-9(14-8)11(17)18-2/h3-4,7,12,14H,5-6H2,1-2H3. The molecule has 2 N–H and O–H groups in total. The number of aromatic nitrogens is 4. The van der Waals surface area contributed by atoms with E-state index in [9.17, 15) is 4.79 Å². The van der Waals surface area contributed by atoms with Crippen molar-refractivity contribution < 1.29 is 9.53 Å². The second-order valence-electron chi connectivity index (χ2n) is 3.85. The number of aromatic amines is 1. The summed E-state index contributed by atoms with van der Waals surface area (Å²) in [5, 5.41) is 11.0. The Bertz CT molecular complexity index is 531. The van der Waals surface area contributed by atoms with Crippen LogP contribution in [-0.2, 0) is 24.9 Å². The molecule has 2 rings (SSSR count). The zero-order valence-corrected chi connectivity index (χ0v) is 10.3. The molecule has 0 saturated carbocycles. The second kappa shape index (κ2) is 5.46. The topological polar surface area (TPSA) is 84.8 Å². The maximum Gasteiger partial charge on any atom is 0.354 e. The minimum atomic E-state index is -0.366. The van der Waals surface area contributed by atoms with E-state index in [1.807, 2.05) is 17.7 Å². The third-order valence-electron chi connectivity index (χ3n) is 2.56. The first-order valence-corrected chi connectivity index (χ1v) is 5.50. The highest BCUT2D eigenvalue weighted by molar-refractivity contribution is 5.87.